The highest BCUT2D eigenvalue weighted by molar-refractivity contribution is 5.97. The van der Waals surface area contributed by atoms with Gasteiger partial charge in [-0.3, -0.25) is 4.90 Å². The van der Waals surface area contributed by atoms with Crippen LogP contribution in [-0.4, -0.2) is 19.2 Å². The van der Waals surface area contributed by atoms with Gasteiger partial charge in [-0.05, 0) is 11.6 Å². The van der Waals surface area contributed by atoms with E-state index in [1.165, 1.54) is 11.0 Å². The summed E-state index contributed by atoms with van der Waals surface area (Å²) in [6.07, 6.45) is 1.49. The SMILES string of the molecule is CN1C(=O)NCc2cccc(N=C=O)c21. The van der Waals surface area contributed by atoms with Gasteiger partial charge in [0.15, 0.2) is 0 Å². The van der Waals surface area contributed by atoms with Crippen molar-refractivity contribution in [2.45, 2.75) is 6.54 Å². The molecule has 0 atom stereocenters. The Kier molecular flexibility index (Phi) is 2.23. The Balaban J connectivity index is 2.61. The molecule has 5 heteroatoms. The van der Waals surface area contributed by atoms with Crippen LogP contribution in [0.4, 0.5) is 16.2 Å². The van der Waals surface area contributed by atoms with Crippen LogP contribution in [-0.2, 0) is 11.3 Å². The molecule has 76 valence electrons. The summed E-state index contributed by atoms with van der Waals surface area (Å²) in [5.74, 6) is 0. The fraction of sp³-hybridized carbons (Fsp3) is 0.200. The zero-order valence-electron chi connectivity index (χ0n) is 8.15. The summed E-state index contributed by atoms with van der Waals surface area (Å²) in [6.45, 7) is 0.459. The number of amides is 2. The molecule has 2 rings (SSSR count). The van der Waals surface area contributed by atoms with Crippen molar-refractivity contribution in [1.29, 1.82) is 0 Å². The number of benzene rings is 1. The number of hydrogen-bond donors (Lipinski definition) is 1. The maximum absolute atomic E-state index is 11.4. The van der Waals surface area contributed by atoms with Gasteiger partial charge < -0.3 is 5.32 Å². The lowest BCUT2D eigenvalue weighted by Gasteiger charge is -2.27. The van der Waals surface area contributed by atoms with Crippen LogP contribution in [0.15, 0.2) is 23.2 Å². The largest absolute Gasteiger partial charge is 0.334 e. The van der Waals surface area contributed by atoms with Crippen LogP contribution in [0.5, 0.6) is 0 Å². The Morgan fingerprint density at radius 1 is 1.53 bits per heavy atom. The normalized spacial score (nSPS) is 13.9. The predicted molar refractivity (Wildman–Crippen MR) is 54.9 cm³/mol. The molecule has 0 spiro atoms. The van der Waals surface area contributed by atoms with Crippen LogP contribution in [0.25, 0.3) is 0 Å². The highest BCUT2D eigenvalue weighted by Gasteiger charge is 2.22. The second-order valence-electron chi connectivity index (χ2n) is 3.21. The van der Waals surface area contributed by atoms with Crippen molar-refractivity contribution in [1.82, 2.24) is 5.32 Å². The van der Waals surface area contributed by atoms with E-state index in [1.54, 1.807) is 19.2 Å². The van der Waals surface area contributed by atoms with Gasteiger partial charge in [0.25, 0.3) is 0 Å². The molecule has 0 aromatic heterocycles. The van der Waals surface area contributed by atoms with Crippen molar-refractivity contribution in [2.75, 3.05) is 11.9 Å². The minimum atomic E-state index is -0.198. The van der Waals surface area contributed by atoms with Crippen LogP contribution in [0, 0.1) is 0 Å². The van der Waals surface area contributed by atoms with E-state index in [1.807, 2.05) is 6.07 Å². The molecular weight excluding hydrogens is 194 g/mol. The third-order valence-electron chi connectivity index (χ3n) is 2.33. The minimum absolute atomic E-state index is 0.198. The summed E-state index contributed by atoms with van der Waals surface area (Å²) < 4.78 is 0. The highest BCUT2D eigenvalue weighted by atomic mass is 16.2. The Morgan fingerprint density at radius 2 is 2.33 bits per heavy atom. The van der Waals surface area contributed by atoms with Gasteiger partial charge in [0, 0.05) is 13.6 Å². The van der Waals surface area contributed by atoms with E-state index in [2.05, 4.69) is 10.3 Å². The molecule has 1 aliphatic heterocycles. The molecule has 0 unspecified atom stereocenters. The topological polar surface area (TPSA) is 61.8 Å². The number of anilines is 1. The molecule has 5 nitrogen and oxygen atoms in total. The zero-order valence-corrected chi connectivity index (χ0v) is 8.15. The quantitative estimate of drug-likeness (QED) is 0.552. The molecule has 1 aliphatic rings. The average molecular weight is 203 g/mol. The van der Waals surface area contributed by atoms with Gasteiger partial charge in [-0.15, -0.1) is 0 Å². The molecule has 1 aromatic rings. The van der Waals surface area contributed by atoms with Crippen LogP contribution in [0.3, 0.4) is 0 Å². The minimum Gasteiger partial charge on any atom is -0.334 e. The van der Waals surface area contributed by atoms with Gasteiger partial charge in [0.05, 0.1) is 5.69 Å². The molecule has 15 heavy (non-hydrogen) atoms. The molecule has 0 radical (unpaired) electrons. The number of para-hydroxylation sites is 1. The molecule has 2 amide bonds. The summed E-state index contributed by atoms with van der Waals surface area (Å²) in [6, 6.07) is 5.16. The summed E-state index contributed by atoms with van der Waals surface area (Å²) in [7, 11) is 1.64. The van der Waals surface area contributed by atoms with E-state index in [9.17, 15) is 9.59 Å². The molecule has 0 saturated heterocycles. The van der Waals surface area contributed by atoms with Crippen LogP contribution in [0.2, 0.25) is 0 Å². The van der Waals surface area contributed by atoms with Crippen LogP contribution in [0.1, 0.15) is 5.56 Å². The van der Waals surface area contributed by atoms with Crippen LogP contribution >= 0.6 is 0 Å². The number of carbonyl (C=O) groups excluding carboxylic acids is 2. The third kappa shape index (κ3) is 1.49. The monoisotopic (exact) mass is 203 g/mol. The van der Waals surface area contributed by atoms with Crippen molar-refractivity contribution in [3.8, 4) is 0 Å². The summed E-state index contributed by atoms with van der Waals surface area (Å²) in [5.41, 5.74) is 2.08. The van der Waals surface area contributed by atoms with Gasteiger partial charge in [-0.2, -0.15) is 4.99 Å². The van der Waals surface area contributed by atoms with Crippen molar-refractivity contribution in [3.05, 3.63) is 23.8 Å². The lowest BCUT2D eigenvalue weighted by molar-refractivity contribution is 0.246. The standard InChI is InChI=1S/C10H9N3O2/c1-13-9-7(5-11-10(13)15)3-2-4-8(9)12-6-14/h2-4H,5H2,1H3,(H,11,15). The van der Waals surface area contributed by atoms with E-state index < -0.39 is 0 Å². The molecule has 0 saturated carbocycles. The second-order valence-corrected chi connectivity index (χ2v) is 3.21. The smallest absolute Gasteiger partial charge is 0.321 e. The number of nitrogens with one attached hydrogen (secondary N) is 1. The fourth-order valence-electron chi connectivity index (χ4n) is 1.64. The number of urea groups is 1. The van der Waals surface area contributed by atoms with Crippen LogP contribution < -0.4 is 10.2 Å². The number of nitrogens with zero attached hydrogens (tertiary/aromatic N) is 2. The maximum Gasteiger partial charge on any atom is 0.321 e. The van der Waals surface area contributed by atoms with Gasteiger partial charge in [-0.25, -0.2) is 9.59 Å². The number of rotatable bonds is 1. The average Bonchev–Trinajstić information content (AvgIpc) is 2.24. The van der Waals surface area contributed by atoms with Gasteiger partial charge in [0.1, 0.15) is 5.69 Å². The third-order valence-corrected chi connectivity index (χ3v) is 2.33. The molecule has 0 aliphatic carbocycles. The van der Waals surface area contributed by atoms with Crippen molar-refractivity contribution < 1.29 is 9.59 Å². The van der Waals surface area contributed by atoms with Gasteiger partial charge >= 0.3 is 6.03 Å². The Morgan fingerprint density at radius 3 is 3.07 bits per heavy atom. The Labute approximate surface area is 86.4 Å². The van der Waals surface area contributed by atoms with E-state index in [0.29, 0.717) is 17.9 Å². The van der Waals surface area contributed by atoms with Crippen molar-refractivity contribution >= 4 is 23.5 Å². The summed E-state index contributed by atoms with van der Waals surface area (Å²) >= 11 is 0. The number of aliphatic imine (C=N–C) groups is 1. The van der Waals surface area contributed by atoms with Crippen molar-refractivity contribution in [2.24, 2.45) is 4.99 Å². The molecule has 0 fully saturated rings. The lowest BCUT2D eigenvalue weighted by Crippen LogP contribution is -2.41. The number of fused-ring (bicyclic) bond motifs is 1. The Hall–Kier alpha value is -2.13. The molecule has 0 bridgehead atoms. The highest BCUT2D eigenvalue weighted by Crippen LogP contribution is 2.33. The fourth-order valence-corrected chi connectivity index (χ4v) is 1.64. The first-order valence-corrected chi connectivity index (χ1v) is 4.45. The maximum atomic E-state index is 11.4. The molecular formula is C10H9N3O2. The van der Waals surface area contributed by atoms with Gasteiger partial charge in [-0.1, -0.05) is 12.1 Å². The lowest BCUT2D eigenvalue weighted by atomic mass is 10.1. The van der Waals surface area contributed by atoms with E-state index >= 15 is 0 Å². The number of hydrogen-bond acceptors (Lipinski definition) is 3. The molecule has 1 aromatic carbocycles. The first kappa shape index (κ1) is 9.43. The predicted octanol–water partition coefficient (Wildman–Crippen LogP) is 1.31. The summed E-state index contributed by atoms with van der Waals surface area (Å²) in [5, 5.41) is 2.70. The number of isocyanates is 1. The first-order chi connectivity index (χ1) is 7.24. The zero-order chi connectivity index (χ0) is 10.8. The number of carbonyl (C=O) groups is 1. The Bertz CT molecular complexity index is 464. The molecule has 1 N–H and O–H groups in total. The first-order valence-electron chi connectivity index (χ1n) is 4.45. The summed E-state index contributed by atoms with van der Waals surface area (Å²) in [4.78, 5) is 26.6. The molecule has 1 heterocycles. The van der Waals surface area contributed by atoms with Gasteiger partial charge in [0.2, 0.25) is 6.08 Å². The van der Waals surface area contributed by atoms with E-state index in [4.69, 9.17) is 0 Å². The van der Waals surface area contributed by atoms with Crippen molar-refractivity contribution in [3.63, 3.8) is 0 Å². The second kappa shape index (κ2) is 3.55. The van der Waals surface area contributed by atoms with E-state index in [-0.39, 0.29) is 6.03 Å². The van der Waals surface area contributed by atoms with E-state index in [0.717, 1.165) is 5.56 Å².